The van der Waals surface area contributed by atoms with Crippen molar-refractivity contribution in [2.24, 2.45) is 5.92 Å². The molecule has 2 heterocycles. The van der Waals surface area contributed by atoms with E-state index in [2.05, 4.69) is 12.1 Å². The van der Waals surface area contributed by atoms with Crippen LogP contribution in [0.25, 0.3) is 0 Å². The van der Waals surface area contributed by atoms with Crippen molar-refractivity contribution in [1.82, 2.24) is 9.21 Å². The van der Waals surface area contributed by atoms with E-state index in [0.717, 1.165) is 25.8 Å². The molecular formula is C18H26N2O3S. The van der Waals surface area contributed by atoms with E-state index in [9.17, 15) is 13.2 Å². The van der Waals surface area contributed by atoms with Crippen molar-refractivity contribution in [2.45, 2.75) is 39.2 Å². The zero-order valence-electron chi connectivity index (χ0n) is 14.3. The van der Waals surface area contributed by atoms with Gasteiger partial charge in [-0.2, -0.15) is 0 Å². The monoisotopic (exact) mass is 350 g/mol. The van der Waals surface area contributed by atoms with Crippen molar-refractivity contribution < 1.29 is 13.2 Å². The number of fused-ring (bicyclic) bond motifs is 1. The highest BCUT2D eigenvalue weighted by Gasteiger charge is 2.34. The Morgan fingerprint density at radius 2 is 1.96 bits per heavy atom. The number of carbonyl (C=O) groups is 1. The van der Waals surface area contributed by atoms with Crippen molar-refractivity contribution in [1.29, 1.82) is 0 Å². The average molecular weight is 350 g/mol. The second kappa shape index (κ2) is 7.23. The molecule has 0 N–H and O–H groups in total. The molecule has 0 bridgehead atoms. The van der Waals surface area contributed by atoms with Crippen molar-refractivity contribution in [2.75, 3.05) is 25.4 Å². The molecule has 0 unspecified atom stereocenters. The first-order chi connectivity index (χ1) is 11.5. The fourth-order valence-corrected chi connectivity index (χ4v) is 5.31. The van der Waals surface area contributed by atoms with Gasteiger partial charge in [-0.15, -0.1) is 0 Å². The van der Waals surface area contributed by atoms with Gasteiger partial charge >= 0.3 is 0 Å². The lowest BCUT2D eigenvalue weighted by molar-refractivity contribution is -0.137. The molecule has 1 atom stereocenters. The Labute approximate surface area is 144 Å². The summed E-state index contributed by atoms with van der Waals surface area (Å²) in [4.78, 5) is 14.8. The fourth-order valence-electron chi connectivity index (χ4n) is 3.73. The van der Waals surface area contributed by atoms with Gasteiger partial charge in [0, 0.05) is 26.2 Å². The lowest BCUT2D eigenvalue weighted by atomic mass is 9.95. The number of hydrogen-bond donors (Lipinski definition) is 0. The van der Waals surface area contributed by atoms with Crippen LogP contribution in [-0.2, 0) is 27.8 Å². The molecule has 2 aliphatic rings. The molecule has 0 aliphatic carbocycles. The van der Waals surface area contributed by atoms with E-state index in [1.165, 1.54) is 15.4 Å². The largest absolute Gasteiger partial charge is 0.338 e. The van der Waals surface area contributed by atoms with E-state index in [-0.39, 0.29) is 17.6 Å². The molecule has 0 aromatic heterocycles. The first-order valence-electron chi connectivity index (χ1n) is 8.84. The molecule has 5 nitrogen and oxygen atoms in total. The SMILES string of the molecule is CCCS(=O)(=O)N1CCC[C@H](C(=O)N2CCc3ccccc3C2)C1. The zero-order chi connectivity index (χ0) is 17.2. The number of rotatable bonds is 4. The Balaban J connectivity index is 1.67. The van der Waals surface area contributed by atoms with Gasteiger partial charge in [0.15, 0.2) is 0 Å². The van der Waals surface area contributed by atoms with E-state index in [4.69, 9.17) is 0 Å². The van der Waals surface area contributed by atoms with Crippen LogP contribution in [0.3, 0.4) is 0 Å². The second-order valence-corrected chi connectivity index (χ2v) is 8.88. The maximum atomic E-state index is 12.9. The van der Waals surface area contributed by atoms with Gasteiger partial charge in [-0.3, -0.25) is 4.79 Å². The third-order valence-electron chi connectivity index (χ3n) is 5.03. The van der Waals surface area contributed by atoms with Crippen LogP contribution >= 0.6 is 0 Å². The second-order valence-electron chi connectivity index (χ2n) is 6.79. The van der Waals surface area contributed by atoms with Gasteiger partial charge < -0.3 is 4.90 Å². The number of hydrogen-bond acceptors (Lipinski definition) is 3. The van der Waals surface area contributed by atoms with Crippen LogP contribution < -0.4 is 0 Å². The molecule has 132 valence electrons. The summed E-state index contributed by atoms with van der Waals surface area (Å²) < 4.78 is 26.1. The summed E-state index contributed by atoms with van der Waals surface area (Å²) in [7, 11) is -3.22. The summed E-state index contributed by atoms with van der Waals surface area (Å²) in [5.74, 6) is 0.0851. The molecule has 3 rings (SSSR count). The molecule has 1 amide bonds. The van der Waals surface area contributed by atoms with Crippen LogP contribution in [0.5, 0.6) is 0 Å². The van der Waals surface area contributed by atoms with Gasteiger partial charge in [0.25, 0.3) is 0 Å². The fraction of sp³-hybridized carbons (Fsp3) is 0.611. The van der Waals surface area contributed by atoms with Crippen LogP contribution in [0.4, 0.5) is 0 Å². The Morgan fingerprint density at radius 3 is 2.71 bits per heavy atom. The maximum Gasteiger partial charge on any atom is 0.227 e. The minimum absolute atomic E-state index is 0.112. The highest BCUT2D eigenvalue weighted by Crippen LogP contribution is 2.25. The smallest absolute Gasteiger partial charge is 0.227 e. The number of amides is 1. The summed E-state index contributed by atoms with van der Waals surface area (Å²) in [6.07, 6.45) is 3.05. The number of carbonyl (C=O) groups excluding carboxylic acids is 1. The highest BCUT2D eigenvalue weighted by molar-refractivity contribution is 7.89. The summed E-state index contributed by atoms with van der Waals surface area (Å²) in [5, 5.41) is 0. The minimum Gasteiger partial charge on any atom is -0.338 e. The number of sulfonamides is 1. The third kappa shape index (κ3) is 3.64. The molecule has 0 radical (unpaired) electrons. The number of piperidine rings is 1. The third-order valence-corrected chi connectivity index (χ3v) is 7.07. The minimum atomic E-state index is -3.22. The standard InChI is InChI=1S/C18H26N2O3S/c1-2-12-24(22,23)20-10-5-8-17(14-20)18(21)19-11-9-15-6-3-4-7-16(15)13-19/h3-4,6-7,17H,2,5,8-14H2,1H3/t17-/m0/s1. The van der Waals surface area contributed by atoms with E-state index in [1.807, 2.05) is 24.0 Å². The van der Waals surface area contributed by atoms with Crippen molar-refractivity contribution in [3.63, 3.8) is 0 Å². The lowest BCUT2D eigenvalue weighted by Gasteiger charge is -2.36. The first-order valence-corrected chi connectivity index (χ1v) is 10.5. The molecule has 24 heavy (non-hydrogen) atoms. The van der Waals surface area contributed by atoms with Crippen molar-refractivity contribution in [3.8, 4) is 0 Å². The average Bonchev–Trinajstić information content (AvgIpc) is 2.61. The summed E-state index contributed by atoms with van der Waals surface area (Å²) in [5.41, 5.74) is 2.53. The van der Waals surface area contributed by atoms with Crippen molar-refractivity contribution in [3.05, 3.63) is 35.4 Å². The molecular weight excluding hydrogens is 324 g/mol. The molecule has 1 fully saturated rings. The molecule has 0 spiro atoms. The van der Waals surface area contributed by atoms with E-state index in [0.29, 0.717) is 26.1 Å². The van der Waals surface area contributed by atoms with E-state index >= 15 is 0 Å². The van der Waals surface area contributed by atoms with Crippen LogP contribution in [0.2, 0.25) is 0 Å². The van der Waals surface area contributed by atoms with Gasteiger partial charge in [-0.1, -0.05) is 31.2 Å². The molecule has 1 saturated heterocycles. The predicted molar refractivity (Wildman–Crippen MR) is 93.9 cm³/mol. The Morgan fingerprint density at radius 1 is 1.21 bits per heavy atom. The molecule has 1 aromatic rings. The molecule has 2 aliphatic heterocycles. The molecule has 1 aromatic carbocycles. The van der Waals surface area contributed by atoms with Crippen LogP contribution in [0.1, 0.15) is 37.3 Å². The van der Waals surface area contributed by atoms with Crippen LogP contribution in [0.15, 0.2) is 24.3 Å². The first kappa shape index (κ1) is 17.4. The molecule has 0 saturated carbocycles. The highest BCUT2D eigenvalue weighted by atomic mass is 32.2. The van der Waals surface area contributed by atoms with Gasteiger partial charge in [0.1, 0.15) is 0 Å². The normalized spacial score (nSPS) is 22.2. The van der Waals surface area contributed by atoms with Crippen LogP contribution in [-0.4, -0.2) is 48.9 Å². The van der Waals surface area contributed by atoms with E-state index in [1.54, 1.807) is 0 Å². The van der Waals surface area contributed by atoms with Gasteiger partial charge in [0.05, 0.1) is 11.7 Å². The summed E-state index contributed by atoms with van der Waals surface area (Å²) >= 11 is 0. The zero-order valence-corrected chi connectivity index (χ0v) is 15.1. The number of nitrogens with zero attached hydrogens (tertiary/aromatic N) is 2. The Kier molecular flexibility index (Phi) is 5.25. The Hall–Kier alpha value is -1.40. The summed E-state index contributed by atoms with van der Waals surface area (Å²) in [6, 6.07) is 8.24. The molecule has 6 heteroatoms. The maximum absolute atomic E-state index is 12.9. The van der Waals surface area contributed by atoms with Gasteiger partial charge in [-0.25, -0.2) is 12.7 Å². The van der Waals surface area contributed by atoms with Gasteiger partial charge in [-0.05, 0) is 36.8 Å². The predicted octanol–water partition coefficient (Wildman–Crippen LogP) is 2.02. The lowest BCUT2D eigenvalue weighted by Crippen LogP contribution is -2.48. The van der Waals surface area contributed by atoms with Gasteiger partial charge in [0.2, 0.25) is 15.9 Å². The number of benzene rings is 1. The van der Waals surface area contributed by atoms with Crippen molar-refractivity contribution >= 4 is 15.9 Å². The topological polar surface area (TPSA) is 57.7 Å². The summed E-state index contributed by atoms with van der Waals surface area (Å²) in [6.45, 7) is 4.14. The Bertz CT molecular complexity index is 702. The van der Waals surface area contributed by atoms with Crippen LogP contribution in [0, 0.1) is 5.92 Å². The van der Waals surface area contributed by atoms with E-state index < -0.39 is 10.0 Å². The quantitative estimate of drug-likeness (QED) is 0.835.